The summed E-state index contributed by atoms with van der Waals surface area (Å²) in [5, 5.41) is 7.12. The Morgan fingerprint density at radius 3 is 2.35 bits per heavy atom. The number of nitrogens with zero attached hydrogens (tertiary/aromatic N) is 5. The second-order valence-electron chi connectivity index (χ2n) is 9.20. The van der Waals surface area contributed by atoms with Gasteiger partial charge in [-0.15, -0.1) is 0 Å². The monoisotopic (exact) mass is 513 g/mol. The topological polar surface area (TPSA) is 99.5 Å². The van der Waals surface area contributed by atoms with Crippen molar-refractivity contribution in [2.75, 3.05) is 26.7 Å². The molecule has 0 bridgehead atoms. The van der Waals surface area contributed by atoms with Crippen LogP contribution in [-0.4, -0.2) is 74.6 Å². The maximum absolute atomic E-state index is 12.8. The molecule has 1 N–H and O–H groups in total. The SMILES string of the molecule is CN1CC2(CCN(Cc3cccnc3)CC2)c2nc(-c3ccccc3)ncc2C1=O.O=C(O)C(F)(F)F. The number of carbonyl (C=O) groups is 2. The Bertz CT molecular complexity index is 1250. The van der Waals surface area contributed by atoms with Gasteiger partial charge in [-0.3, -0.25) is 14.7 Å². The molecule has 37 heavy (non-hydrogen) atoms. The van der Waals surface area contributed by atoms with Crippen molar-refractivity contribution in [1.29, 1.82) is 0 Å². The Morgan fingerprint density at radius 2 is 1.76 bits per heavy atom. The molecule has 1 saturated heterocycles. The molecule has 2 aliphatic heterocycles. The van der Waals surface area contributed by atoms with Gasteiger partial charge in [-0.2, -0.15) is 13.2 Å². The Kier molecular flexibility index (Phi) is 7.53. The Balaban J connectivity index is 0.000000405. The van der Waals surface area contributed by atoms with Crippen LogP contribution in [0.1, 0.15) is 34.5 Å². The van der Waals surface area contributed by atoms with Crippen LogP contribution < -0.4 is 0 Å². The zero-order chi connectivity index (χ0) is 26.6. The van der Waals surface area contributed by atoms with E-state index in [2.05, 4.69) is 20.9 Å². The second-order valence-corrected chi connectivity index (χ2v) is 9.20. The molecule has 0 atom stereocenters. The number of fused-ring (bicyclic) bond motifs is 2. The molecule has 0 saturated carbocycles. The highest BCUT2D eigenvalue weighted by Gasteiger charge is 2.45. The molecule has 0 radical (unpaired) electrons. The fourth-order valence-corrected chi connectivity index (χ4v) is 4.76. The van der Waals surface area contributed by atoms with Crippen molar-refractivity contribution in [1.82, 2.24) is 24.8 Å². The number of hydrogen-bond acceptors (Lipinski definition) is 6. The van der Waals surface area contributed by atoms with Crippen molar-refractivity contribution < 1.29 is 27.9 Å². The summed E-state index contributed by atoms with van der Waals surface area (Å²) in [6.07, 6.45) is 2.34. The number of alkyl halides is 3. The van der Waals surface area contributed by atoms with E-state index in [0.29, 0.717) is 17.9 Å². The van der Waals surface area contributed by atoms with Crippen LogP contribution in [0.2, 0.25) is 0 Å². The first-order chi connectivity index (χ1) is 17.6. The van der Waals surface area contributed by atoms with Gasteiger partial charge in [0.25, 0.3) is 5.91 Å². The van der Waals surface area contributed by atoms with Crippen molar-refractivity contribution >= 4 is 11.9 Å². The van der Waals surface area contributed by atoms with Gasteiger partial charge in [0.2, 0.25) is 0 Å². The summed E-state index contributed by atoms with van der Waals surface area (Å²) in [5.41, 5.74) is 3.69. The molecule has 4 heterocycles. The molecule has 8 nitrogen and oxygen atoms in total. The van der Waals surface area contributed by atoms with E-state index in [0.717, 1.165) is 43.7 Å². The highest BCUT2D eigenvalue weighted by atomic mass is 19.4. The predicted molar refractivity (Wildman–Crippen MR) is 129 cm³/mol. The van der Waals surface area contributed by atoms with Gasteiger partial charge in [0.1, 0.15) is 0 Å². The number of carboxylic acid groups (broad SMARTS) is 1. The molecule has 1 amide bonds. The number of aliphatic carboxylic acids is 1. The average Bonchev–Trinajstić information content (AvgIpc) is 2.89. The first-order valence-corrected chi connectivity index (χ1v) is 11.7. The second kappa shape index (κ2) is 10.6. The largest absolute Gasteiger partial charge is 0.490 e. The summed E-state index contributed by atoms with van der Waals surface area (Å²) >= 11 is 0. The van der Waals surface area contributed by atoms with E-state index in [1.807, 2.05) is 60.7 Å². The minimum absolute atomic E-state index is 0.0213. The Morgan fingerprint density at radius 1 is 1.08 bits per heavy atom. The summed E-state index contributed by atoms with van der Waals surface area (Å²) in [6.45, 7) is 3.57. The van der Waals surface area contributed by atoms with Gasteiger partial charge in [-0.25, -0.2) is 14.8 Å². The number of carbonyl (C=O) groups excluding carboxylic acids is 1. The van der Waals surface area contributed by atoms with E-state index in [1.54, 1.807) is 6.20 Å². The number of benzene rings is 1. The summed E-state index contributed by atoms with van der Waals surface area (Å²) in [5.74, 6) is -2.04. The molecular formula is C26H26F3N5O3. The number of carboxylic acids is 1. The van der Waals surface area contributed by atoms with E-state index in [4.69, 9.17) is 14.9 Å². The predicted octanol–water partition coefficient (Wildman–Crippen LogP) is 3.79. The van der Waals surface area contributed by atoms with Crippen LogP contribution in [0.25, 0.3) is 11.4 Å². The van der Waals surface area contributed by atoms with Gasteiger partial charge in [0.15, 0.2) is 5.82 Å². The fourth-order valence-electron chi connectivity index (χ4n) is 4.76. The summed E-state index contributed by atoms with van der Waals surface area (Å²) in [7, 11) is 1.89. The third-order valence-corrected chi connectivity index (χ3v) is 6.62. The quantitative estimate of drug-likeness (QED) is 0.569. The van der Waals surface area contributed by atoms with E-state index < -0.39 is 12.1 Å². The number of aromatic nitrogens is 3. The lowest BCUT2D eigenvalue weighted by atomic mass is 9.71. The normalized spacial score (nSPS) is 17.1. The number of likely N-dealkylation sites (tertiary alicyclic amines) is 1. The molecule has 2 aromatic heterocycles. The maximum Gasteiger partial charge on any atom is 0.490 e. The highest BCUT2D eigenvalue weighted by Crippen LogP contribution is 2.41. The third-order valence-electron chi connectivity index (χ3n) is 6.62. The summed E-state index contributed by atoms with van der Waals surface area (Å²) < 4.78 is 31.7. The lowest BCUT2D eigenvalue weighted by Crippen LogP contribution is -2.53. The number of piperidine rings is 1. The zero-order valence-corrected chi connectivity index (χ0v) is 20.1. The van der Waals surface area contributed by atoms with Crippen molar-refractivity contribution in [3.05, 3.63) is 77.9 Å². The molecule has 3 aromatic rings. The van der Waals surface area contributed by atoms with Crippen LogP contribution in [-0.2, 0) is 16.8 Å². The molecule has 0 aliphatic carbocycles. The minimum atomic E-state index is -5.08. The number of amides is 1. The van der Waals surface area contributed by atoms with Crippen LogP contribution in [0.3, 0.4) is 0 Å². The first-order valence-electron chi connectivity index (χ1n) is 11.7. The fraction of sp³-hybridized carbons (Fsp3) is 0.346. The van der Waals surface area contributed by atoms with Crippen LogP contribution in [0.5, 0.6) is 0 Å². The van der Waals surface area contributed by atoms with Crippen LogP contribution in [0.4, 0.5) is 13.2 Å². The van der Waals surface area contributed by atoms with E-state index in [1.165, 1.54) is 5.56 Å². The van der Waals surface area contributed by atoms with Gasteiger partial charge in [-0.05, 0) is 37.6 Å². The van der Waals surface area contributed by atoms with Gasteiger partial charge in [-0.1, -0.05) is 36.4 Å². The first kappa shape index (κ1) is 26.2. The molecule has 11 heteroatoms. The molecule has 1 fully saturated rings. The van der Waals surface area contributed by atoms with E-state index >= 15 is 0 Å². The lowest BCUT2D eigenvalue weighted by Gasteiger charge is -2.46. The van der Waals surface area contributed by atoms with Crippen molar-refractivity contribution in [2.24, 2.45) is 0 Å². The van der Waals surface area contributed by atoms with Gasteiger partial charge in [0, 0.05) is 49.7 Å². The highest BCUT2D eigenvalue weighted by molar-refractivity contribution is 5.96. The number of hydrogen-bond donors (Lipinski definition) is 1. The summed E-state index contributed by atoms with van der Waals surface area (Å²) in [6, 6.07) is 14.1. The smallest absolute Gasteiger partial charge is 0.475 e. The van der Waals surface area contributed by atoms with Gasteiger partial charge >= 0.3 is 12.1 Å². The van der Waals surface area contributed by atoms with Crippen molar-refractivity contribution in [3.8, 4) is 11.4 Å². The Hall–Kier alpha value is -3.86. The van der Waals surface area contributed by atoms with Crippen LogP contribution in [0.15, 0.2) is 61.1 Å². The number of halogens is 3. The molecular weight excluding hydrogens is 487 g/mol. The molecule has 5 rings (SSSR count). The van der Waals surface area contributed by atoms with Crippen LogP contribution in [0, 0.1) is 0 Å². The number of likely N-dealkylation sites (N-methyl/N-ethyl adjacent to an activating group) is 1. The molecule has 194 valence electrons. The standard InChI is InChI=1S/C24H25N5O.C2HF3O2/c1-28-17-24(9-12-29(13-10-24)16-18-6-5-11-25-14-18)21-20(23(28)30)15-26-22(27-21)19-7-3-2-4-8-19;3-2(4,5)1(6)7/h2-8,11,14-15H,9-10,12-13,16-17H2,1H3;(H,6,7). The molecule has 1 aromatic carbocycles. The van der Waals surface area contributed by atoms with E-state index in [9.17, 15) is 18.0 Å². The molecule has 1 spiro atoms. The minimum Gasteiger partial charge on any atom is -0.475 e. The van der Waals surface area contributed by atoms with Crippen LogP contribution >= 0.6 is 0 Å². The Labute approximate surface area is 211 Å². The zero-order valence-electron chi connectivity index (χ0n) is 20.1. The van der Waals surface area contributed by atoms with Gasteiger partial charge in [0.05, 0.1) is 11.3 Å². The van der Waals surface area contributed by atoms with E-state index in [-0.39, 0.29) is 11.3 Å². The van der Waals surface area contributed by atoms with Gasteiger partial charge < -0.3 is 10.0 Å². The third kappa shape index (κ3) is 5.93. The number of rotatable bonds is 3. The number of pyridine rings is 1. The lowest BCUT2D eigenvalue weighted by molar-refractivity contribution is -0.192. The average molecular weight is 514 g/mol. The summed E-state index contributed by atoms with van der Waals surface area (Å²) in [4.78, 5) is 39.7. The maximum atomic E-state index is 12.8. The van der Waals surface area contributed by atoms with Crippen molar-refractivity contribution in [3.63, 3.8) is 0 Å². The molecule has 2 aliphatic rings. The van der Waals surface area contributed by atoms with Crippen molar-refractivity contribution in [2.45, 2.75) is 31.0 Å². The molecule has 0 unspecified atom stereocenters.